The normalized spacial score (nSPS) is 11.8. The summed E-state index contributed by atoms with van der Waals surface area (Å²) in [6, 6.07) is 18.7. The number of hydrazone groups is 1. The summed E-state index contributed by atoms with van der Waals surface area (Å²) in [6.07, 6.45) is -2.92. The van der Waals surface area contributed by atoms with Crippen molar-refractivity contribution in [3.05, 3.63) is 101 Å². The highest BCUT2D eigenvalue weighted by Gasteiger charge is 2.30. The van der Waals surface area contributed by atoms with Crippen LogP contribution in [0.2, 0.25) is 0 Å². The zero-order valence-corrected chi connectivity index (χ0v) is 18.7. The number of hydrogen-bond donors (Lipinski definition) is 2. The van der Waals surface area contributed by atoms with Crippen LogP contribution in [0.5, 0.6) is 0 Å². The number of halogens is 4. The Morgan fingerprint density at radius 1 is 1.03 bits per heavy atom. The van der Waals surface area contributed by atoms with Gasteiger partial charge in [0.2, 0.25) is 0 Å². The molecule has 35 heavy (non-hydrogen) atoms. The molecule has 9 heteroatoms. The number of nitrogens with one attached hydrogen (secondary N) is 2. The summed E-state index contributed by atoms with van der Waals surface area (Å²) in [4.78, 5) is 12.2. The minimum Gasteiger partial charge on any atom is -0.376 e. The molecule has 0 bridgehead atoms. The number of fused-ring (bicyclic) bond motifs is 1. The van der Waals surface area contributed by atoms with Crippen LogP contribution in [-0.4, -0.2) is 23.2 Å². The first-order valence-electron chi connectivity index (χ1n) is 10.8. The zero-order valence-electron chi connectivity index (χ0n) is 18.7. The van der Waals surface area contributed by atoms with E-state index in [1.165, 1.54) is 24.3 Å². The number of carbonyl (C=O) groups excluding carboxylic acids is 1. The molecule has 4 aromatic rings. The van der Waals surface area contributed by atoms with E-state index in [1.807, 2.05) is 31.2 Å². The molecule has 2 N–H and O–H groups in total. The quantitative estimate of drug-likeness (QED) is 0.201. The molecule has 0 aliphatic carbocycles. The lowest BCUT2D eigenvalue weighted by Gasteiger charge is -2.10. The second kappa shape index (κ2) is 10.0. The molecule has 0 aliphatic heterocycles. The molecular weight excluding hydrogens is 460 g/mol. The van der Waals surface area contributed by atoms with E-state index in [1.54, 1.807) is 18.3 Å². The lowest BCUT2D eigenvalue weighted by Crippen LogP contribution is -2.26. The molecule has 1 aromatic heterocycles. The van der Waals surface area contributed by atoms with Crippen LogP contribution in [0.1, 0.15) is 22.4 Å². The lowest BCUT2D eigenvalue weighted by atomic mass is 10.1. The van der Waals surface area contributed by atoms with Crippen molar-refractivity contribution in [1.29, 1.82) is 0 Å². The molecule has 0 radical (unpaired) electrons. The largest absolute Gasteiger partial charge is 0.416 e. The molecule has 0 unspecified atom stereocenters. The first-order chi connectivity index (χ1) is 16.7. The third kappa shape index (κ3) is 5.68. The summed E-state index contributed by atoms with van der Waals surface area (Å²) in [5.74, 6) is -0.805. The highest BCUT2D eigenvalue weighted by Crippen LogP contribution is 2.30. The highest BCUT2D eigenvalue weighted by molar-refractivity contribution is 6.01. The summed E-state index contributed by atoms with van der Waals surface area (Å²) < 4.78 is 53.9. The Kier molecular flexibility index (Phi) is 6.86. The zero-order chi connectivity index (χ0) is 25.0. The van der Waals surface area contributed by atoms with E-state index in [9.17, 15) is 22.4 Å². The Bertz CT molecular complexity index is 1370. The van der Waals surface area contributed by atoms with Crippen LogP contribution in [0.3, 0.4) is 0 Å². The van der Waals surface area contributed by atoms with Crippen molar-refractivity contribution in [2.24, 2.45) is 5.10 Å². The average Bonchev–Trinajstić information content (AvgIpc) is 3.10. The third-order valence-electron chi connectivity index (χ3n) is 5.56. The predicted molar refractivity (Wildman–Crippen MR) is 128 cm³/mol. The van der Waals surface area contributed by atoms with Gasteiger partial charge in [-0.15, -0.1) is 0 Å². The summed E-state index contributed by atoms with van der Waals surface area (Å²) >= 11 is 0. The minimum atomic E-state index is -4.46. The summed E-state index contributed by atoms with van der Waals surface area (Å²) in [5.41, 5.74) is 5.41. The fourth-order valence-electron chi connectivity index (χ4n) is 3.79. The molecule has 0 saturated heterocycles. The van der Waals surface area contributed by atoms with Gasteiger partial charge < -0.3 is 9.88 Å². The second-order valence-corrected chi connectivity index (χ2v) is 7.95. The predicted octanol–water partition coefficient (Wildman–Crippen LogP) is 5.72. The van der Waals surface area contributed by atoms with E-state index in [4.69, 9.17) is 0 Å². The van der Waals surface area contributed by atoms with Gasteiger partial charge in [0.25, 0.3) is 5.91 Å². The summed E-state index contributed by atoms with van der Waals surface area (Å²) in [7, 11) is 0. The van der Waals surface area contributed by atoms with Crippen molar-refractivity contribution in [2.45, 2.75) is 19.6 Å². The van der Waals surface area contributed by atoms with Gasteiger partial charge in [0.1, 0.15) is 5.82 Å². The average molecular weight is 482 g/mol. The number of hydrogen-bond acceptors (Lipinski definition) is 3. The van der Waals surface area contributed by atoms with Gasteiger partial charge in [0, 0.05) is 34.4 Å². The van der Waals surface area contributed by atoms with Crippen LogP contribution in [0.4, 0.5) is 23.2 Å². The van der Waals surface area contributed by atoms with Gasteiger partial charge in [-0.05, 0) is 48.9 Å². The van der Waals surface area contributed by atoms with Gasteiger partial charge in [-0.1, -0.05) is 36.4 Å². The molecule has 0 fully saturated rings. The molecule has 4 rings (SSSR count). The van der Waals surface area contributed by atoms with Crippen molar-refractivity contribution in [1.82, 2.24) is 9.99 Å². The molecule has 1 amide bonds. The SMILES string of the molecule is Cc1c(/C=N\NC(=O)CNc2cccc(C(F)(F)F)c2)c2ccccc2n1Cc1ccc(F)cc1. The molecule has 180 valence electrons. The van der Waals surface area contributed by atoms with Crippen molar-refractivity contribution in [3.63, 3.8) is 0 Å². The summed E-state index contributed by atoms with van der Waals surface area (Å²) in [5, 5.41) is 7.65. The van der Waals surface area contributed by atoms with E-state index < -0.39 is 17.6 Å². The molecule has 5 nitrogen and oxygen atoms in total. The number of anilines is 1. The van der Waals surface area contributed by atoms with Crippen LogP contribution in [-0.2, 0) is 17.5 Å². The van der Waals surface area contributed by atoms with Gasteiger partial charge in [0.05, 0.1) is 18.3 Å². The number of carbonyl (C=O) groups is 1. The van der Waals surface area contributed by atoms with Crippen molar-refractivity contribution >= 4 is 28.7 Å². The van der Waals surface area contributed by atoms with E-state index in [0.717, 1.165) is 39.9 Å². The topological polar surface area (TPSA) is 58.4 Å². The molecule has 1 heterocycles. The van der Waals surface area contributed by atoms with Gasteiger partial charge in [-0.3, -0.25) is 4.79 Å². The van der Waals surface area contributed by atoms with E-state index in [0.29, 0.717) is 6.54 Å². The van der Waals surface area contributed by atoms with Crippen molar-refractivity contribution < 1.29 is 22.4 Å². The van der Waals surface area contributed by atoms with E-state index in [2.05, 4.69) is 20.4 Å². The Labute approximate surface area is 199 Å². The maximum Gasteiger partial charge on any atom is 0.416 e. The number of para-hydroxylation sites is 1. The minimum absolute atomic E-state index is 0.179. The second-order valence-electron chi connectivity index (χ2n) is 7.95. The highest BCUT2D eigenvalue weighted by atomic mass is 19.4. The monoisotopic (exact) mass is 482 g/mol. The van der Waals surface area contributed by atoms with Crippen LogP contribution >= 0.6 is 0 Å². The Hall–Kier alpha value is -4.14. The van der Waals surface area contributed by atoms with Gasteiger partial charge in [-0.25, -0.2) is 9.82 Å². The molecule has 0 atom stereocenters. The van der Waals surface area contributed by atoms with Crippen LogP contribution in [0, 0.1) is 12.7 Å². The number of aromatic nitrogens is 1. The molecule has 3 aromatic carbocycles. The maximum atomic E-state index is 13.3. The number of amides is 1. The summed E-state index contributed by atoms with van der Waals surface area (Å²) in [6.45, 7) is 2.22. The standard InChI is InChI=1S/C26H22F4N4O/c1-17-23(14-32-33-25(35)15-31-21-6-4-5-19(13-21)26(28,29)30)22-7-2-3-8-24(22)34(17)16-18-9-11-20(27)12-10-18/h2-14,31H,15-16H2,1H3,(H,33,35)/b32-14-. The Morgan fingerprint density at radius 2 is 1.77 bits per heavy atom. The van der Waals surface area contributed by atoms with Crippen LogP contribution in [0.25, 0.3) is 10.9 Å². The van der Waals surface area contributed by atoms with Gasteiger partial charge in [-0.2, -0.15) is 18.3 Å². The Balaban J connectivity index is 1.45. The van der Waals surface area contributed by atoms with Crippen molar-refractivity contribution in [3.8, 4) is 0 Å². The fraction of sp³-hybridized carbons (Fsp3) is 0.154. The lowest BCUT2D eigenvalue weighted by molar-refractivity contribution is -0.137. The number of rotatable bonds is 7. The number of nitrogens with zero attached hydrogens (tertiary/aromatic N) is 2. The molecule has 0 saturated carbocycles. The van der Waals surface area contributed by atoms with E-state index in [-0.39, 0.29) is 18.0 Å². The maximum absolute atomic E-state index is 13.3. The first kappa shape index (κ1) is 24.0. The third-order valence-corrected chi connectivity index (χ3v) is 5.56. The van der Waals surface area contributed by atoms with Gasteiger partial charge in [0.15, 0.2) is 0 Å². The van der Waals surface area contributed by atoms with Crippen LogP contribution < -0.4 is 10.7 Å². The smallest absolute Gasteiger partial charge is 0.376 e. The molecular formula is C26H22F4N4O. The molecule has 0 spiro atoms. The Morgan fingerprint density at radius 3 is 2.51 bits per heavy atom. The van der Waals surface area contributed by atoms with Gasteiger partial charge >= 0.3 is 6.18 Å². The molecule has 0 aliphatic rings. The first-order valence-corrected chi connectivity index (χ1v) is 10.8. The number of benzene rings is 3. The van der Waals surface area contributed by atoms with Crippen molar-refractivity contribution in [2.75, 3.05) is 11.9 Å². The fourth-order valence-corrected chi connectivity index (χ4v) is 3.79. The van der Waals surface area contributed by atoms with E-state index >= 15 is 0 Å². The van der Waals surface area contributed by atoms with Crippen LogP contribution in [0.15, 0.2) is 77.9 Å². The number of alkyl halides is 3.